The van der Waals surface area contributed by atoms with Gasteiger partial charge in [-0.25, -0.2) is 0 Å². The van der Waals surface area contributed by atoms with Crippen molar-refractivity contribution in [2.24, 2.45) is 0 Å². The first kappa shape index (κ1) is 15.7. The number of nitro benzene ring substituents is 1. The normalized spacial score (nSPS) is 10.4. The Balaban J connectivity index is 2.10. The fraction of sp³-hybridized carbons (Fsp3) is 0.273. The van der Waals surface area contributed by atoms with Gasteiger partial charge in [-0.3, -0.25) is 10.1 Å². The van der Waals surface area contributed by atoms with Gasteiger partial charge in [0.15, 0.2) is 10.8 Å². The first-order valence-corrected chi connectivity index (χ1v) is 7.41. The van der Waals surface area contributed by atoms with E-state index in [0.29, 0.717) is 10.1 Å². The molecule has 0 aliphatic rings. The lowest BCUT2D eigenvalue weighted by Crippen LogP contribution is -1.97. The van der Waals surface area contributed by atoms with Gasteiger partial charge in [-0.1, -0.05) is 34.5 Å². The molecule has 1 heterocycles. The topological polar surface area (TPSA) is 90.2 Å². The van der Waals surface area contributed by atoms with Gasteiger partial charge in [0.2, 0.25) is 5.13 Å². The van der Waals surface area contributed by atoms with Crippen LogP contribution in [0.4, 0.5) is 10.8 Å². The van der Waals surface area contributed by atoms with Crippen molar-refractivity contribution in [3.63, 3.8) is 0 Å². The minimum Gasteiger partial charge on any atom is -0.483 e. The van der Waals surface area contributed by atoms with Crippen LogP contribution in [0.15, 0.2) is 12.1 Å². The third-order valence-corrected chi connectivity index (χ3v) is 3.74. The zero-order valence-corrected chi connectivity index (χ0v) is 13.1. The van der Waals surface area contributed by atoms with Crippen molar-refractivity contribution in [2.75, 3.05) is 11.9 Å². The highest BCUT2D eigenvalue weighted by Crippen LogP contribution is 2.37. The maximum atomic E-state index is 10.7. The standard InChI is InChI=1S/C11H10Cl2N4O3S/c1-2-14-11-16-15-9(21-11)5-20-10-7(12)3-6(17(18)19)4-8(10)13/h3-4H,2,5H2,1H3,(H,14,16). The van der Waals surface area contributed by atoms with Crippen LogP contribution in [0.5, 0.6) is 5.75 Å². The van der Waals surface area contributed by atoms with Crippen LogP contribution in [0.3, 0.4) is 0 Å². The number of nitrogens with zero attached hydrogens (tertiary/aromatic N) is 3. The van der Waals surface area contributed by atoms with Crippen LogP contribution in [0, 0.1) is 10.1 Å². The number of hydrogen-bond acceptors (Lipinski definition) is 7. The number of rotatable bonds is 6. The Morgan fingerprint density at radius 1 is 1.38 bits per heavy atom. The molecule has 0 saturated carbocycles. The fourth-order valence-corrected chi connectivity index (χ4v) is 2.76. The number of nitrogens with one attached hydrogen (secondary N) is 1. The number of ether oxygens (including phenoxy) is 1. The summed E-state index contributed by atoms with van der Waals surface area (Å²) in [5.41, 5.74) is -0.192. The molecule has 0 radical (unpaired) electrons. The fourth-order valence-electron chi connectivity index (χ4n) is 1.46. The van der Waals surface area contributed by atoms with Crippen molar-refractivity contribution in [1.29, 1.82) is 0 Å². The summed E-state index contributed by atoms with van der Waals surface area (Å²) in [4.78, 5) is 10.1. The molecule has 0 spiro atoms. The van der Waals surface area contributed by atoms with Crippen molar-refractivity contribution in [3.05, 3.63) is 37.3 Å². The summed E-state index contributed by atoms with van der Waals surface area (Å²) in [6.07, 6.45) is 0. The monoisotopic (exact) mass is 348 g/mol. The lowest BCUT2D eigenvalue weighted by molar-refractivity contribution is -0.384. The molecule has 10 heteroatoms. The second-order valence-electron chi connectivity index (χ2n) is 3.82. The van der Waals surface area contributed by atoms with Crippen molar-refractivity contribution in [3.8, 4) is 5.75 Å². The maximum Gasteiger partial charge on any atom is 0.272 e. The molecule has 2 rings (SSSR count). The molecule has 0 fully saturated rings. The van der Waals surface area contributed by atoms with Gasteiger partial charge in [0.25, 0.3) is 5.69 Å². The van der Waals surface area contributed by atoms with Crippen molar-refractivity contribution in [1.82, 2.24) is 10.2 Å². The Hall–Kier alpha value is -1.64. The van der Waals surface area contributed by atoms with Crippen LogP contribution in [0.2, 0.25) is 10.0 Å². The summed E-state index contributed by atoms with van der Waals surface area (Å²) in [6.45, 7) is 2.82. The van der Waals surface area contributed by atoms with E-state index < -0.39 is 4.92 Å². The van der Waals surface area contributed by atoms with Crippen molar-refractivity contribution < 1.29 is 9.66 Å². The Morgan fingerprint density at radius 2 is 2.05 bits per heavy atom. The van der Waals surface area contributed by atoms with Crippen LogP contribution in [-0.4, -0.2) is 21.7 Å². The Kier molecular flexibility index (Phi) is 5.16. The third-order valence-electron chi connectivity index (χ3n) is 2.33. The van der Waals surface area contributed by atoms with Crippen LogP contribution >= 0.6 is 34.5 Å². The lowest BCUT2D eigenvalue weighted by Gasteiger charge is -2.08. The van der Waals surface area contributed by atoms with Gasteiger partial charge in [-0.15, -0.1) is 10.2 Å². The predicted octanol–water partition coefficient (Wildman–Crippen LogP) is 3.76. The van der Waals surface area contributed by atoms with Crippen LogP contribution in [-0.2, 0) is 6.61 Å². The molecular formula is C11H10Cl2N4O3S. The van der Waals surface area contributed by atoms with Crippen molar-refractivity contribution >= 4 is 45.4 Å². The molecule has 0 aliphatic carbocycles. The summed E-state index contributed by atoms with van der Waals surface area (Å²) in [5, 5.41) is 23.1. The highest BCUT2D eigenvalue weighted by molar-refractivity contribution is 7.15. The van der Waals surface area contributed by atoms with Gasteiger partial charge in [0, 0.05) is 18.7 Å². The number of anilines is 1. The molecule has 0 saturated heterocycles. The van der Waals surface area contributed by atoms with E-state index in [1.165, 1.54) is 23.5 Å². The van der Waals surface area contributed by atoms with Crippen molar-refractivity contribution in [2.45, 2.75) is 13.5 Å². The maximum absolute atomic E-state index is 10.7. The molecular weight excluding hydrogens is 339 g/mol. The second-order valence-corrected chi connectivity index (χ2v) is 5.69. The van der Waals surface area contributed by atoms with E-state index >= 15 is 0 Å². The van der Waals surface area contributed by atoms with Crippen LogP contribution in [0.25, 0.3) is 0 Å². The van der Waals surface area contributed by atoms with E-state index in [1.54, 1.807) is 0 Å². The van der Waals surface area contributed by atoms with Gasteiger partial charge in [0.05, 0.1) is 15.0 Å². The zero-order chi connectivity index (χ0) is 15.4. The summed E-state index contributed by atoms with van der Waals surface area (Å²) in [6, 6.07) is 2.37. The predicted molar refractivity (Wildman–Crippen MR) is 81.5 cm³/mol. The van der Waals surface area contributed by atoms with E-state index in [-0.39, 0.29) is 28.1 Å². The molecule has 2 aromatic rings. The summed E-state index contributed by atoms with van der Waals surface area (Å²) < 4.78 is 5.47. The Labute approximate surface area is 134 Å². The molecule has 7 nitrogen and oxygen atoms in total. The summed E-state index contributed by atoms with van der Waals surface area (Å²) in [5.74, 6) is 0.184. The molecule has 112 valence electrons. The van der Waals surface area contributed by atoms with E-state index in [1.807, 2.05) is 6.92 Å². The quantitative estimate of drug-likeness (QED) is 0.631. The SMILES string of the molecule is CCNc1nnc(COc2c(Cl)cc([N+](=O)[O-])cc2Cl)s1. The van der Waals surface area contributed by atoms with E-state index in [9.17, 15) is 10.1 Å². The number of non-ortho nitro benzene ring substituents is 1. The van der Waals surface area contributed by atoms with E-state index in [2.05, 4.69) is 15.5 Å². The molecule has 1 N–H and O–H groups in total. The largest absolute Gasteiger partial charge is 0.483 e. The average Bonchev–Trinajstić information content (AvgIpc) is 2.85. The molecule has 21 heavy (non-hydrogen) atoms. The molecule has 0 aliphatic heterocycles. The van der Waals surface area contributed by atoms with Gasteiger partial charge in [0.1, 0.15) is 6.61 Å². The van der Waals surface area contributed by atoms with Gasteiger partial charge >= 0.3 is 0 Å². The third kappa shape index (κ3) is 3.93. The summed E-state index contributed by atoms with van der Waals surface area (Å²) in [7, 11) is 0. The lowest BCUT2D eigenvalue weighted by atomic mass is 10.3. The van der Waals surface area contributed by atoms with Gasteiger partial charge in [-0.2, -0.15) is 0 Å². The molecule has 1 aromatic heterocycles. The number of aromatic nitrogens is 2. The number of halogens is 2. The summed E-state index contributed by atoms with van der Waals surface area (Å²) >= 11 is 13.2. The molecule has 0 unspecified atom stereocenters. The highest BCUT2D eigenvalue weighted by Gasteiger charge is 2.16. The Bertz CT molecular complexity index is 642. The van der Waals surface area contributed by atoms with E-state index in [0.717, 1.165) is 6.54 Å². The minimum atomic E-state index is -0.574. The zero-order valence-electron chi connectivity index (χ0n) is 10.8. The highest BCUT2D eigenvalue weighted by atomic mass is 35.5. The van der Waals surface area contributed by atoms with Gasteiger partial charge in [-0.05, 0) is 6.92 Å². The second kappa shape index (κ2) is 6.88. The number of benzene rings is 1. The number of nitro groups is 1. The Morgan fingerprint density at radius 3 is 2.62 bits per heavy atom. The average molecular weight is 349 g/mol. The smallest absolute Gasteiger partial charge is 0.272 e. The first-order chi connectivity index (χ1) is 10.0. The molecule has 0 amide bonds. The molecule has 0 atom stereocenters. The molecule has 0 bridgehead atoms. The minimum absolute atomic E-state index is 0.0746. The number of hydrogen-bond donors (Lipinski definition) is 1. The first-order valence-electron chi connectivity index (χ1n) is 5.83. The van der Waals surface area contributed by atoms with Gasteiger partial charge < -0.3 is 10.1 Å². The van der Waals surface area contributed by atoms with E-state index in [4.69, 9.17) is 27.9 Å². The molecule has 1 aromatic carbocycles. The van der Waals surface area contributed by atoms with Crippen LogP contribution < -0.4 is 10.1 Å². The van der Waals surface area contributed by atoms with Crippen LogP contribution in [0.1, 0.15) is 11.9 Å².